The molecule has 2 fully saturated rings. The molecule has 3 rings (SSSR count). The Hall–Kier alpha value is -1.60. The Balaban J connectivity index is 1.63. The van der Waals surface area contributed by atoms with Gasteiger partial charge in [-0.2, -0.15) is 4.31 Å². The number of nitrogens with two attached hydrogens (primary N) is 1. The van der Waals surface area contributed by atoms with Crippen LogP contribution in [0, 0.1) is 5.92 Å². The summed E-state index contributed by atoms with van der Waals surface area (Å²) >= 11 is 0. The molecule has 1 unspecified atom stereocenters. The maximum absolute atomic E-state index is 12.5. The number of sulfonamides is 1. The van der Waals surface area contributed by atoms with Gasteiger partial charge in [-0.15, -0.1) is 0 Å². The molecule has 2 heterocycles. The molecular weight excluding hydrogens is 336 g/mol. The average molecular weight is 365 g/mol. The molecule has 0 aliphatic carbocycles. The molecule has 1 atom stereocenters. The van der Waals surface area contributed by atoms with Gasteiger partial charge in [0.1, 0.15) is 0 Å². The Labute approximate surface area is 150 Å². The van der Waals surface area contributed by atoms with Crippen LogP contribution in [0.2, 0.25) is 0 Å². The summed E-state index contributed by atoms with van der Waals surface area (Å²) < 4.78 is 26.6. The van der Waals surface area contributed by atoms with Crippen molar-refractivity contribution in [1.82, 2.24) is 9.21 Å². The minimum Gasteiger partial charge on any atom is -0.370 e. The lowest BCUT2D eigenvalue weighted by molar-refractivity contribution is 0.270. The van der Waals surface area contributed by atoms with E-state index in [1.54, 1.807) is 16.4 Å². The SMILES string of the molecule is CC1CCCN(C(N)=NCc2ccc(S(=O)(=O)N3CCCC3)cc2)C1. The third-order valence-corrected chi connectivity index (χ3v) is 6.94. The van der Waals surface area contributed by atoms with Gasteiger partial charge in [0, 0.05) is 26.2 Å². The summed E-state index contributed by atoms with van der Waals surface area (Å²) in [4.78, 5) is 6.98. The third kappa shape index (κ3) is 4.33. The van der Waals surface area contributed by atoms with Crippen molar-refractivity contribution in [3.63, 3.8) is 0 Å². The first-order valence-electron chi connectivity index (χ1n) is 9.11. The molecular formula is C18H28N4O2S. The number of nitrogens with zero attached hydrogens (tertiary/aromatic N) is 3. The van der Waals surface area contributed by atoms with E-state index >= 15 is 0 Å². The Bertz CT molecular complexity index is 709. The number of piperidine rings is 1. The van der Waals surface area contributed by atoms with Crippen LogP contribution in [0.1, 0.15) is 38.2 Å². The van der Waals surface area contributed by atoms with E-state index in [2.05, 4.69) is 16.8 Å². The van der Waals surface area contributed by atoms with Crippen LogP contribution in [0.25, 0.3) is 0 Å². The Morgan fingerprint density at radius 1 is 1.16 bits per heavy atom. The van der Waals surface area contributed by atoms with E-state index < -0.39 is 10.0 Å². The Kier molecular flexibility index (Phi) is 5.64. The lowest BCUT2D eigenvalue weighted by Gasteiger charge is -2.31. The van der Waals surface area contributed by atoms with Crippen molar-refractivity contribution in [1.29, 1.82) is 0 Å². The topological polar surface area (TPSA) is 79.0 Å². The third-order valence-electron chi connectivity index (χ3n) is 5.03. The minimum absolute atomic E-state index is 0.361. The zero-order chi connectivity index (χ0) is 17.9. The van der Waals surface area contributed by atoms with Gasteiger partial charge in [-0.05, 0) is 49.3 Å². The van der Waals surface area contributed by atoms with Gasteiger partial charge >= 0.3 is 0 Å². The summed E-state index contributed by atoms with van der Waals surface area (Å²) in [5, 5.41) is 0. The zero-order valence-corrected chi connectivity index (χ0v) is 15.7. The molecule has 0 radical (unpaired) electrons. The van der Waals surface area contributed by atoms with E-state index in [1.807, 2.05) is 12.1 Å². The fraction of sp³-hybridized carbons (Fsp3) is 0.611. The first-order chi connectivity index (χ1) is 12.0. The fourth-order valence-corrected chi connectivity index (χ4v) is 5.03. The van der Waals surface area contributed by atoms with E-state index in [0.29, 0.717) is 36.4 Å². The van der Waals surface area contributed by atoms with Crippen LogP contribution in [0.15, 0.2) is 34.2 Å². The molecule has 2 saturated heterocycles. The van der Waals surface area contributed by atoms with Crippen LogP contribution in [0.4, 0.5) is 0 Å². The summed E-state index contributed by atoms with van der Waals surface area (Å²) in [7, 11) is -3.35. The number of aliphatic imine (C=N–C) groups is 1. The number of guanidine groups is 1. The normalized spacial score (nSPS) is 23.2. The number of benzene rings is 1. The maximum Gasteiger partial charge on any atom is 0.243 e. The van der Waals surface area contributed by atoms with Gasteiger partial charge in [0.15, 0.2) is 5.96 Å². The quantitative estimate of drug-likeness (QED) is 0.655. The van der Waals surface area contributed by atoms with Crippen LogP contribution in [-0.2, 0) is 16.6 Å². The predicted molar refractivity (Wildman–Crippen MR) is 99.7 cm³/mol. The summed E-state index contributed by atoms with van der Waals surface area (Å²) in [5.41, 5.74) is 7.08. The fourth-order valence-electron chi connectivity index (χ4n) is 3.51. The summed E-state index contributed by atoms with van der Waals surface area (Å²) in [5.74, 6) is 1.23. The molecule has 2 aliphatic heterocycles. The van der Waals surface area contributed by atoms with Crippen molar-refractivity contribution in [2.45, 2.75) is 44.0 Å². The molecule has 25 heavy (non-hydrogen) atoms. The van der Waals surface area contributed by atoms with Gasteiger partial charge < -0.3 is 10.6 Å². The van der Waals surface area contributed by atoms with Crippen LogP contribution in [0.3, 0.4) is 0 Å². The highest BCUT2D eigenvalue weighted by Crippen LogP contribution is 2.21. The van der Waals surface area contributed by atoms with Crippen molar-refractivity contribution in [3.05, 3.63) is 29.8 Å². The smallest absolute Gasteiger partial charge is 0.243 e. The highest BCUT2D eigenvalue weighted by atomic mass is 32.2. The molecule has 138 valence electrons. The first-order valence-corrected chi connectivity index (χ1v) is 10.5. The van der Waals surface area contributed by atoms with E-state index in [1.165, 1.54) is 6.42 Å². The zero-order valence-electron chi connectivity index (χ0n) is 14.9. The van der Waals surface area contributed by atoms with Crippen LogP contribution >= 0.6 is 0 Å². The molecule has 0 aromatic heterocycles. The maximum atomic E-state index is 12.5. The largest absolute Gasteiger partial charge is 0.370 e. The number of rotatable bonds is 4. The summed E-state index contributed by atoms with van der Waals surface area (Å²) in [6.07, 6.45) is 4.29. The van der Waals surface area contributed by atoms with Crippen LogP contribution in [-0.4, -0.2) is 49.8 Å². The predicted octanol–water partition coefficient (Wildman–Crippen LogP) is 2.02. The second-order valence-corrected chi connectivity index (χ2v) is 9.06. The molecule has 2 N–H and O–H groups in total. The molecule has 7 heteroatoms. The molecule has 6 nitrogen and oxygen atoms in total. The van der Waals surface area contributed by atoms with E-state index in [9.17, 15) is 8.42 Å². The van der Waals surface area contributed by atoms with Gasteiger partial charge in [0.05, 0.1) is 11.4 Å². The van der Waals surface area contributed by atoms with Crippen LogP contribution < -0.4 is 5.73 Å². The van der Waals surface area contributed by atoms with E-state index in [-0.39, 0.29) is 0 Å². The molecule has 0 amide bonds. The lowest BCUT2D eigenvalue weighted by Crippen LogP contribution is -2.43. The second kappa shape index (κ2) is 7.74. The van der Waals surface area contributed by atoms with Crippen molar-refractivity contribution in [2.24, 2.45) is 16.6 Å². The number of hydrogen-bond donors (Lipinski definition) is 1. The number of likely N-dealkylation sites (tertiary alicyclic amines) is 1. The summed E-state index contributed by atoms with van der Waals surface area (Å²) in [6.45, 7) is 5.88. The van der Waals surface area contributed by atoms with Gasteiger partial charge in [-0.3, -0.25) is 0 Å². The highest BCUT2D eigenvalue weighted by molar-refractivity contribution is 7.89. The lowest BCUT2D eigenvalue weighted by atomic mass is 10.0. The first kappa shape index (κ1) is 18.2. The van der Waals surface area contributed by atoms with Gasteiger partial charge in [0.2, 0.25) is 10.0 Å². The molecule has 1 aromatic rings. The molecule has 0 spiro atoms. The van der Waals surface area contributed by atoms with Gasteiger partial charge in [0.25, 0.3) is 0 Å². The Morgan fingerprint density at radius 3 is 2.48 bits per heavy atom. The number of hydrogen-bond acceptors (Lipinski definition) is 3. The van der Waals surface area contributed by atoms with Gasteiger partial charge in [-0.1, -0.05) is 19.1 Å². The average Bonchev–Trinajstić information content (AvgIpc) is 3.15. The summed E-state index contributed by atoms with van der Waals surface area (Å²) in [6, 6.07) is 7.02. The van der Waals surface area contributed by atoms with Crippen molar-refractivity contribution >= 4 is 16.0 Å². The van der Waals surface area contributed by atoms with Crippen LogP contribution in [0.5, 0.6) is 0 Å². The minimum atomic E-state index is -3.35. The highest BCUT2D eigenvalue weighted by Gasteiger charge is 2.26. The molecule has 0 saturated carbocycles. The van der Waals surface area contributed by atoms with Crippen molar-refractivity contribution in [3.8, 4) is 0 Å². The van der Waals surface area contributed by atoms with Gasteiger partial charge in [-0.25, -0.2) is 13.4 Å². The monoisotopic (exact) mass is 364 g/mol. The Morgan fingerprint density at radius 2 is 1.84 bits per heavy atom. The molecule has 1 aromatic carbocycles. The molecule has 0 bridgehead atoms. The van der Waals surface area contributed by atoms with Crippen molar-refractivity contribution in [2.75, 3.05) is 26.2 Å². The molecule has 2 aliphatic rings. The standard InChI is InChI=1S/C18H28N4O2S/c1-15-5-4-10-21(14-15)18(19)20-13-16-6-8-17(9-7-16)25(23,24)22-11-2-3-12-22/h6-9,15H,2-5,10-14H2,1H3,(H2,19,20). The van der Waals surface area contributed by atoms with E-state index in [4.69, 9.17) is 5.73 Å². The van der Waals surface area contributed by atoms with E-state index in [0.717, 1.165) is 37.9 Å². The second-order valence-electron chi connectivity index (χ2n) is 7.12. The van der Waals surface area contributed by atoms with Crippen molar-refractivity contribution < 1.29 is 8.42 Å².